The molecule has 152 valence electrons. The summed E-state index contributed by atoms with van der Waals surface area (Å²) in [6.07, 6.45) is 5.26. The van der Waals surface area contributed by atoms with E-state index in [2.05, 4.69) is 6.08 Å². The summed E-state index contributed by atoms with van der Waals surface area (Å²) < 4.78 is 35.5. The van der Waals surface area contributed by atoms with Crippen LogP contribution in [0.5, 0.6) is 5.75 Å². The maximum absolute atomic E-state index is 13.8. The van der Waals surface area contributed by atoms with Crippen LogP contribution < -0.4 is 9.04 Å². The smallest absolute Gasteiger partial charge is 0.264 e. The van der Waals surface area contributed by atoms with Crippen molar-refractivity contribution in [3.8, 4) is 16.9 Å². The lowest BCUT2D eigenvalue weighted by Gasteiger charge is -2.43. The lowest BCUT2D eigenvalue weighted by molar-refractivity contribution is 0.158. The summed E-state index contributed by atoms with van der Waals surface area (Å²) >= 11 is 0. The van der Waals surface area contributed by atoms with Crippen LogP contribution in [0.3, 0.4) is 0 Å². The van der Waals surface area contributed by atoms with Gasteiger partial charge in [0.05, 0.1) is 16.6 Å². The highest BCUT2D eigenvalue weighted by atomic mass is 32.2. The zero-order chi connectivity index (χ0) is 20.7. The Bertz CT molecular complexity index is 1200. The quantitative estimate of drug-likeness (QED) is 0.541. The van der Waals surface area contributed by atoms with Crippen molar-refractivity contribution >= 4 is 15.7 Å². The third-order valence-corrected chi connectivity index (χ3v) is 7.66. The summed E-state index contributed by atoms with van der Waals surface area (Å²) in [4.78, 5) is 0.305. The summed E-state index contributed by atoms with van der Waals surface area (Å²) in [7, 11) is -3.74. The number of hydrogen-bond acceptors (Lipinski definition) is 3. The van der Waals surface area contributed by atoms with Crippen molar-refractivity contribution in [1.82, 2.24) is 0 Å². The number of ether oxygens (including phenoxy) is 1. The van der Waals surface area contributed by atoms with Crippen molar-refractivity contribution in [3.05, 3.63) is 90.5 Å². The first kappa shape index (κ1) is 18.9. The first-order valence-corrected chi connectivity index (χ1v) is 11.6. The molecule has 0 saturated heterocycles. The van der Waals surface area contributed by atoms with Crippen molar-refractivity contribution in [2.45, 2.75) is 36.8 Å². The van der Waals surface area contributed by atoms with Crippen LogP contribution in [0.4, 0.5) is 5.69 Å². The number of aryl methyl sites for hydroxylation is 1. The number of sulfonamides is 1. The minimum absolute atomic E-state index is 0.190. The number of anilines is 1. The highest BCUT2D eigenvalue weighted by molar-refractivity contribution is 7.92. The van der Waals surface area contributed by atoms with Crippen molar-refractivity contribution in [3.63, 3.8) is 0 Å². The molecule has 2 atom stereocenters. The van der Waals surface area contributed by atoms with Gasteiger partial charge in [-0.05, 0) is 48.7 Å². The van der Waals surface area contributed by atoms with E-state index < -0.39 is 10.0 Å². The van der Waals surface area contributed by atoms with Gasteiger partial charge in [-0.3, -0.25) is 4.31 Å². The molecule has 4 nitrogen and oxygen atoms in total. The van der Waals surface area contributed by atoms with E-state index >= 15 is 0 Å². The number of hydrogen-bond donors (Lipinski definition) is 0. The Balaban J connectivity index is 1.68. The Morgan fingerprint density at radius 1 is 0.867 bits per heavy atom. The van der Waals surface area contributed by atoms with Crippen LogP contribution in [0.1, 0.15) is 18.4 Å². The number of nitrogens with zero attached hydrogens (tertiary/aromatic N) is 1. The van der Waals surface area contributed by atoms with E-state index in [0.717, 1.165) is 16.7 Å². The van der Waals surface area contributed by atoms with Crippen LogP contribution in [0.25, 0.3) is 11.1 Å². The Labute approximate surface area is 177 Å². The van der Waals surface area contributed by atoms with Gasteiger partial charge in [0.15, 0.2) is 0 Å². The largest absolute Gasteiger partial charge is 0.486 e. The predicted octanol–water partition coefficient (Wildman–Crippen LogP) is 5.34. The van der Waals surface area contributed by atoms with Crippen LogP contribution in [0.2, 0.25) is 0 Å². The molecule has 0 saturated carbocycles. The lowest BCUT2D eigenvalue weighted by atomic mass is 9.95. The Morgan fingerprint density at radius 3 is 2.37 bits per heavy atom. The molecule has 0 radical (unpaired) electrons. The highest BCUT2D eigenvalue weighted by Gasteiger charge is 2.43. The second-order valence-corrected chi connectivity index (χ2v) is 9.64. The van der Waals surface area contributed by atoms with Gasteiger partial charge in [0, 0.05) is 6.42 Å². The number of rotatable bonds is 3. The molecule has 30 heavy (non-hydrogen) atoms. The molecule has 1 heterocycles. The van der Waals surface area contributed by atoms with Crippen molar-refractivity contribution in [1.29, 1.82) is 0 Å². The van der Waals surface area contributed by atoms with E-state index in [-0.39, 0.29) is 12.1 Å². The van der Waals surface area contributed by atoms with Crippen LogP contribution in [0, 0.1) is 6.92 Å². The van der Waals surface area contributed by atoms with E-state index in [4.69, 9.17) is 4.74 Å². The fraction of sp³-hybridized carbons (Fsp3) is 0.200. The van der Waals surface area contributed by atoms with E-state index in [1.54, 1.807) is 16.4 Å². The SMILES string of the molecule is Cc1ccc(S(=O)(=O)N2c3cc(-c4ccccc4)ccc3O[C@@H]3CC=CC[C@H]32)cc1. The third-order valence-electron chi connectivity index (χ3n) is 5.80. The zero-order valence-corrected chi connectivity index (χ0v) is 17.5. The molecule has 0 spiro atoms. The molecule has 0 N–H and O–H groups in total. The van der Waals surface area contributed by atoms with Crippen molar-refractivity contribution < 1.29 is 13.2 Å². The molecule has 2 aliphatic rings. The Kier molecular flexibility index (Phi) is 4.63. The monoisotopic (exact) mass is 417 g/mol. The summed E-state index contributed by atoms with van der Waals surface area (Å²) in [6.45, 7) is 1.95. The summed E-state index contributed by atoms with van der Waals surface area (Å²) in [5.74, 6) is 0.613. The minimum atomic E-state index is -3.74. The van der Waals surface area contributed by atoms with E-state index in [1.165, 1.54) is 0 Å². The molecule has 0 aromatic heterocycles. The van der Waals surface area contributed by atoms with Crippen molar-refractivity contribution in [2.75, 3.05) is 4.31 Å². The number of benzene rings is 3. The molecule has 5 rings (SSSR count). The molecule has 1 aliphatic heterocycles. The zero-order valence-electron chi connectivity index (χ0n) is 16.7. The molecule has 1 aliphatic carbocycles. The normalized spacial score (nSPS) is 20.2. The molecule has 0 unspecified atom stereocenters. The van der Waals surface area contributed by atoms with Gasteiger partial charge < -0.3 is 4.74 Å². The van der Waals surface area contributed by atoms with Crippen molar-refractivity contribution in [2.24, 2.45) is 0 Å². The van der Waals surface area contributed by atoms with Crippen LogP contribution in [0.15, 0.2) is 89.8 Å². The van der Waals surface area contributed by atoms with Crippen LogP contribution in [-0.2, 0) is 10.0 Å². The maximum atomic E-state index is 13.8. The van der Waals surface area contributed by atoms with Crippen LogP contribution in [-0.4, -0.2) is 20.6 Å². The van der Waals surface area contributed by atoms with E-state index in [9.17, 15) is 8.42 Å². The second-order valence-electron chi connectivity index (χ2n) is 7.83. The Hall–Kier alpha value is -3.05. The van der Waals surface area contributed by atoms with Gasteiger partial charge in [0.1, 0.15) is 11.9 Å². The van der Waals surface area contributed by atoms with Gasteiger partial charge in [-0.25, -0.2) is 8.42 Å². The standard InChI is InChI=1S/C25H23NO3S/c1-18-11-14-21(15-12-18)30(27,28)26-22-9-5-6-10-24(22)29-25-16-13-20(17-23(25)26)19-7-3-2-4-8-19/h2-8,11-17,22,24H,9-10H2,1H3/t22-,24-/m1/s1. The first-order valence-electron chi connectivity index (χ1n) is 10.2. The summed E-state index contributed by atoms with van der Waals surface area (Å²) in [5.41, 5.74) is 3.64. The molecular formula is C25H23NO3S. The van der Waals surface area contributed by atoms with Gasteiger partial charge in [-0.15, -0.1) is 0 Å². The average molecular weight is 418 g/mol. The summed E-state index contributed by atoms with van der Waals surface area (Å²) in [6, 6.07) is 22.6. The minimum Gasteiger partial charge on any atom is -0.486 e. The molecule has 3 aromatic rings. The lowest BCUT2D eigenvalue weighted by Crippen LogP contribution is -2.52. The molecule has 3 aromatic carbocycles. The maximum Gasteiger partial charge on any atom is 0.264 e. The topological polar surface area (TPSA) is 46.6 Å². The van der Waals surface area contributed by atoms with E-state index in [1.807, 2.05) is 73.7 Å². The van der Waals surface area contributed by atoms with Gasteiger partial charge in [0.25, 0.3) is 10.0 Å². The highest BCUT2D eigenvalue weighted by Crippen LogP contribution is 2.44. The molecule has 5 heteroatoms. The molecule has 0 bridgehead atoms. The molecular weight excluding hydrogens is 394 g/mol. The molecule has 0 fully saturated rings. The van der Waals surface area contributed by atoms with E-state index in [0.29, 0.717) is 29.2 Å². The number of fused-ring (bicyclic) bond motifs is 2. The van der Waals surface area contributed by atoms with Gasteiger partial charge in [-0.1, -0.05) is 66.2 Å². The second kappa shape index (κ2) is 7.33. The fourth-order valence-electron chi connectivity index (χ4n) is 4.22. The van der Waals surface area contributed by atoms with Gasteiger partial charge >= 0.3 is 0 Å². The average Bonchev–Trinajstić information content (AvgIpc) is 2.78. The third kappa shape index (κ3) is 3.19. The molecule has 0 amide bonds. The van der Waals surface area contributed by atoms with Crippen LogP contribution >= 0.6 is 0 Å². The van der Waals surface area contributed by atoms with Gasteiger partial charge in [-0.2, -0.15) is 0 Å². The van der Waals surface area contributed by atoms with Gasteiger partial charge in [0.2, 0.25) is 0 Å². The fourth-order valence-corrected chi connectivity index (χ4v) is 5.91. The first-order chi connectivity index (χ1) is 14.5. The summed E-state index contributed by atoms with van der Waals surface area (Å²) in [5, 5.41) is 0. The Morgan fingerprint density at radius 2 is 1.60 bits per heavy atom. The predicted molar refractivity (Wildman–Crippen MR) is 119 cm³/mol.